The summed E-state index contributed by atoms with van der Waals surface area (Å²) in [6.45, 7) is 4.34. The fourth-order valence-corrected chi connectivity index (χ4v) is 5.02. The van der Waals surface area contributed by atoms with Crippen LogP contribution < -0.4 is 11.2 Å². The van der Waals surface area contributed by atoms with Crippen molar-refractivity contribution < 1.29 is 18.8 Å². The predicted octanol–water partition coefficient (Wildman–Crippen LogP) is 7.23. The molecule has 2 aromatic carbocycles. The Morgan fingerprint density at radius 2 is 1.88 bits per heavy atom. The van der Waals surface area contributed by atoms with Crippen LogP contribution in [-0.2, 0) is 22.6 Å². The number of aromatic nitrogens is 3. The molecular weight excluding hydrogens is 592 g/mol. The smallest absolute Gasteiger partial charge is 0.324 e. The van der Waals surface area contributed by atoms with Gasteiger partial charge < -0.3 is 15.1 Å². The van der Waals surface area contributed by atoms with Gasteiger partial charge >= 0.3 is 5.97 Å². The molecule has 4 rings (SSSR count). The van der Waals surface area contributed by atoms with Crippen molar-refractivity contribution in [2.75, 3.05) is 6.54 Å². The molecule has 0 bridgehead atoms. The summed E-state index contributed by atoms with van der Waals surface area (Å²) >= 11 is 12.4. The van der Waals surface area contributed by atoms with Gasteiger partial charge in [-0.1, -0.05) is 66.6 Å². The molecular formula is C32H32Cl2FN5O3. The van der Waals surface area contributed by atoms with Gasteiger partial charge in [-0.25, -0.2) is 4.39 Å². The van der Waals surface area contributed by atoms with Crippen molar-refractivity contribution in [3.63, 3.8) is 0 Å². The van der Waals surface area contributed by atoms with Crippen molar-refractivity contribution in [2.45, 2.75) is 38.6 Å². The minimum absolute atomic E-state index is 0.222. The summed E-state index contributed by atoms with van der Waals surface area (Å²) < 4.78 is 15.9. The summed E-state index contributed by atoms with van der Waals surface area (Å²) in [5.74, 6) is 3.69. The van der Waals surface area contributed by atoms with E-state index in [0.29, 0.717) is 71.3 Å². The molecule has 0 unspecified atom stereocenters. The number of halogens is 3. The molecule has 11 heteroatoms. The summed E-state index contributed by atoms with van der Waals surface area (Å²) in [5.41, 5.74) is 4.17. The number of carbonyl (C=O) groups excluding carboxylic acids is 2. The average molecular weight is 625 g/mol. The fourth-order valence-electron chi connectivity index (χ4n) is 4.72. The Balaban J connectivity index is 1.71. The van der Waals surface area contributed by atoms with E-state index in [-0.39, 0.29) is 12.3 Å². The molecule has 2 heterocycles. The lowest BCUT2D eigenvalue weighted by molar-refractivity contribution is -0.144. The lowest BCUT2D eigenvalue weighted by Crippen LogP contribution is -2.25. The van der Waals surface area contributed by atoms with Crippen LogP contribution in [0.1, 0.15) is 47.3 Å². The third kappa shape index (κ3) is 8.44. The molecule has 4 N–H and O–H groups in total. The van der Waals surface area contributed by atoms with Crippen LogP contribution in [0, 0.1) is 0 Å². The Labute approximate surface area is 259 Å². The first-order valence-corrected chi connectivity index (χ1v) is 14.5. The molecule has 0 radical (unpaired) electrons. The minimum Gasteiger partial charge on any atom is -0.373 e. The summed E-state index contributed by atoms with van der Waals surface area (Å²) in [7, 11) is 0. The molecule has 43 heavy (non-hydrogen) atoms. The van der Waals surface area contributed by atoms with E-state index in [4.69, 9.17) is 29.1 Å². The van der Waals surface area contributed by atoms with Crippen molar-refractivity contribution in [1.29, 1.82) is 0 Å². The van der Waals surface area contributed by atoms with Crippen LogP contribution in [0.25, 0.3) is 22.2 Å². The molecule has 0 aliphatic heterocycles. The van der Waals surface area contributed by atoms with Crippen molar-refractivity contribution >= 4 is 46.0 Å². The Kier molecular flexibility index (Phi) is 11.3. The van der Waals surface area contributed by atoms with Crippen molar-refractivity contribution in [1.82, 2.24) is 20.1 Å². The highest BCUT2D eigenvalue weighted by Gasteiger charge is 2.25. The van der Waals surface area contributed by atoms with Crippen LogP contribution in [-0.4, -0.2) is 33.2 Å². The van der Waals surface area contributed by atoms with Crippen LogP contribution in [0.2, 0.25) is 10.0 Å². The van der Waals surface area contributed by atoms with Crippen molar-refractivity contribution in [3.05, 3.63) is 112 Å². The molecule has 0 aliphatic rings. The largest absolute Gasteiger partial charge is 0.373 e. The number of H-pyrrole nitrogens is 1. The first-order chi connectivity index (χ1) is 20.8. The molecule has 1 amide bonds. The molecule has 0 spiro atoms. The predicted molar refractivity (Wildman–Crippen MR) is 168 cm³/mol. The van der Waals surface area contributed by atoms with E-state index in [9.17, 15) is 14.0 Å². The normalized spacial score (nSPS) is 11.8. The van der Waals surface area contributed by atoms with Crippen LogP contribution in [0.3, 0.4) is 0 Å². The third-order valence-electron chi connectivity index (χ3n) is 6.75. The van der Waals surface area contributed by atoms with E-state index >= 15 is 0 Å². The SMILES string of the molecule is C=C/C=C(F)\C=C/Cc1cnn(Cc2ccc(Cl)cc2)c1-c1c(C(=O)NCCCCCC(=O)ON)[nH]c2cc(Cl)ccc12. The first kappa shape index (κ1) is 31.7. The first-order valence-electron chi connectivity index (χ1n) is 13.7. The van der Waals surface area contributed by atoms with Crippen LogP contribution in [0.5, 0.6) is 0 Å². The molecule has 0 atom stereocenters. The molecule has 0 saturated carbocycles. The molecule has 0 aliphatic carbocycles. The second kappa shape index (κ2) is 15.3. The molecule has 2 aromatic heterocycles. The molecule has 224 valence electrons. The van der Waals surface area contributed by atoms with Gasteiger partial charge in [0.25, 0.3) is 5.91 Å². The number of nitrogens with zero attached hydrogens (tertiary/aromatic N) is 2. The van der Waals surface area contributed by atoms with E-state index in [2.05, 4.69) is 26.8 Å². The van der Waals surface area contributed by atoms with Gasteiger partial charge in [0.2, 0.25) is 0 Å². The number of allylic oxidation sites excluding steroid dienone is 5. The lowest BCUT2D eigenvalue weighted by Gasteiger charge is -2.12. The average Bonchev–Trinajstić information content (AvgIpc) is 3.55. The summed E-state index contributed by atoms with van der Waals surface area (Å²) in [5, 5.41) is 9.58. The maximum atomic E-state index is 14.0. The molecule has 4 aromatic rings. The highest BCUT2D eigenvalue weighted by atomic mass is 35.5. The van der Waals surface area contributed by atoms with Gasteiger partial charge in [0, 0.05) is 45.0 Å². The monoisotopic (exact) mass is 623 g/mol. The summed E-state index contributed by atoms with van der Waals surface area (Å²) in [6, 6.07) is 12.8. The van der Waals surface area contributed by atoms with Crippen LogP contribution in [0.4, 0.5) is 4.39 Å². The standard InChI is InChI=1S/C32H32Cl2FN5O3/c1-2-7-25(35)9-6-8-22-19-38-40(20-21-11-13-23(33)14-12-21)31(22)29-26-16-15-24(34)18-27(26)39-30(29)32(42)37-17-5-3-4-10-28(41)43-36/h2,6-7,9,11-16,18-19,39H,1,3-5,8,10,17,20,36H2,(H,37,42)/b9-6-,25-7+. The minimum atomic E-state index is -0.467. The van der Waals surface area contributed by atoms with Crippen molar-refractivity contribution in [3.8, 4) is 11.3 Å². The van der Waals surface area contributed by atoms with Gasteiger partial charge in [0.1, 0.15) is 11.5 Å². The lowest BCUT2D eigenvalue weighted by atomic mass is 10.0. The molecule has 0 saturated heterocycles. The van der Waals surface area contributed by atoms with Gasteiger partial charge in [-0.2, -0.15) is 11.0 Å². The highest BCUT2D eigenvalue weighted by Crippen LogP contribution is 2.36. The van der Waals surface area contributed by atoms with Crippen LogP contribution in [0.15, 0.2) is 85.4 Å². The highest BCUT2D eigenvalue weighted by molar-refractivity contribution is 6.31. The van der Waals surface area contributed by atoms with Gasteiger partial charge in [0.05, 0.1) is 18.4 Å². The molecule has 0 fully saturated rings. The number of carbonyl (C=O) groups is 2. The molecule has 8 nitrogen and oxygen atoms in total. The van der Waals surface area contributed by atoms with E-state index in [1.165, 1.54) is 18.2 Å². The Morgan fingerprint density at radius 3 is 2.63 bits per heavy atom. The number of fused-ring (bicyclic) bond motifs is 1. The maximum absolute atomic E-state index is 14.0. The number of nitrogens with two attached hydrogens (primary N) is 1. The van der Waals surface area contributed by atoms with Gasteiger partial charge in [-0.15, -0.1) is 0 Å². The van der Waals surface area contributed by atoms with Gasteiger partial charge in [0.15, 0.2) is 0 Å². The fraction of sp³-hybridized carbons (Fsp3) is 0.219. The second-order valence-corrected chi connectivity index (χ2v) is 10.7. The van der Waals surface area contributed by atoms with Crippen LogP contribution >= 0.6 is 23.2 Å². The third-order valence-corrected chi connectivity index (χ3v) is 7.24. The Bertz CT molecular complexity index is 1660. The number of hydrogen-bond donors (Lipinski definition) is 3. The van der Waals surface area contributed by atoms with E-state index in [1.807, 2.05) is 35.0 Å². The van der Waals surface area contributed by atoms with Gasteiger partial charge in [-0.3, -0.25) is 14.3 Å². The second-order valence-electron chi connectivity index (χ2n) is 9.82. The Hall–Kier alpha value is -4.18. The number of hydrogen-bond acceptors (Lipinski definition) is 5. The zero-order chi connectivity index (χ0) is 30.8. The van der Waals surface area contributed by atoms with E-state index in [0.717, 1.165) is 16.5 Å². The number of nitrogens with one attached hydrogen (secondary N) is 2. The zero-order valence-corrected chi connectivity index (χ0v) is 24.9. The summed E-state index contributed by atoms with van der Waals surface area (Å²) in [4.78, 5) is 32.3. The number of aromatic amines is 1. The quantitative estimate of drug-likeness (QED) is 0.0778. The van der Waals surface area contributed by atoms with E-state index < -0.39 is 11.8 Å². The number of rotatable bonds is 14. The Morgan fingerprint density at radius 1 is 1.12 bits per heavy atom. The van der Waals surface area contributed by atoms with Crippen molar-refractivity contribution in [2.24, 2.45) is 5.90 Å². The maximum Gasteiger partial charge on any atom is 0.324 e. The number of benzene rings is 2. The topological polar surface area (TPSA) is 115 Å². The summed E-state index contributed by atoms with van der Waals surface area (Å²) in [6.07, 6.45) is 10.0. The van der Waals surface area contributed by atoms with E-state index in [1.54, 1.807) is 24.4 Å². The zero-order valence-electron chi connectivity index (χ0n) is 23.4. The number of amides is 1. The van der Waals surface area contributed by atoms with Gasteiger partial charge in [-0.05, 0) is 61.2 Å². The number of unbranched alkanes of at least 4 members (excludes halogenated alkanes) is 2.